The normalized spacial score (nSPS) is 16.3. The fraction of sp³-hybridized carbons (Fsp3) is 0.579. The first-order valence-electron chi connectivity index (χ1n) is 9.17. The number of carbonyl (C=O) groups excluding carboxylic acids is 1. The van der Waals surface area contributed by atoms with Crippen molar-refractivity contribution in [3.05, 3.63) is 33.8 Å². The van der Waals surface area contributed by atoms with Gasteiger partial charge in [0.25, 0.3) is 0 Å². The fourth-order valence-corrected chi connectivity index (χ4v) is 4.09. The van der Waals surface area contributed by atoms with Gasteiger partial charge in [-0.15, -0.1) is 0 Å². The highest BCUT2D eigenvalue weighted by Gasteiger charge is 2.27. The minimum absolute atomic E-state index is 0.187. The molecule has 0 aliphatic carbocycles. The lowest BCUT2D eigenvalue weighted by Crippen LogP contribution is -2.48. The molecule has 1 aromatic rings. The van der Waals surface area contributed by atoms with Gasteiger partial charge in [0.1, 0.15) is 0 Å². The summed E-state index contributed by atoms with van der Waals surface area (Å²) < 4.78 is 5.03. The number of rotatable bonds is 5. The molecule has 0 saturated carbocycles. The predicted molar refractivity (Wildman–Crippen MR) is 111 cm³/mol. The van der Waals surface area contributed by atoms with Crippen LogP contribution in [0.3, 0.4) is 0 Å². The van der Waals surface area contributed by atoms with E-state index in [0.29, 0.717) is 42.2 Å². The summed E-state index contributed by atoms with van der Waals surface area (Å²) in [7, 11) is 0. The van der Waals surface area contributed by atoms with E-state index in [0.717, 1.165) is 18.4 Å². The van der Waals surface area contributed by atoms with E-state index >= 15 is 0 Å². The summed E-state index contributed by atoms with van der Waals surface area (Å²) in [5, 5.41) is 4.50. The zero-order valence-electron chi connectivity index (χ0n) is 16.1. The average Bonchev–Trinajstić information content (AvgIpc) is 2.60. The van der Waals surface area contributed by atoms with Crippen molar-refractivity contribution >= 4 is 35.3 Å². The van der Waals surface area contributed by atoms with Crippen molar-refractivity contribution in [1.29, 1.82) is 0 Å². The molecule has 0 unspecified atom stereocenters. The first kappa shape index (κ1) is 21.6. The van der Waals surface area contributed by atoms with Gasteiger partial charge in [-0.05, 0) is 37.5 Å². The molecule has 1 heterocycles. The van der Waals surface area contributed by atoms with Crippen molar-refractivity contribution in [3.63, 3.8) is 0 Å². The standard InChI is InChI=1S/C19H28Cl2N4O2/c1-4-27-18(26)25-10-8-13(9-11-25)24-17(22)23-12-19(2,3)16-14(20)6-5-7-15(16)21/h5-7,13H,4,8-12H2,1-3H3,(H3,22,23,24). The van der Waals surface area contributed by atoms with E-state index in [2.05, 4.69) is 10.3 Å². The number of nitrogens with zero attached hydrogens (tertiary/aromatic N) is 2. The average molecular weight is 415 g/mol. The van der Waals surface area contributed by atoms with Crippen molar-refractivity contribution in [2.45, 2.75) is 45.1 Å². The SMILES string of the molecule is CCOC(=O)N1CCC(NC(N)=NCC(C)(C)c2c(Cl)cccc2Cl)CC1. The number of piperidine rings is 1. The molecule has 0 radical (unpaired) electrons. The maximum absolute atomic E-state index is 11.7. The Hall–Kier alpha value is -1.66. The van der Waals surface area contributed by atoms with Crippen LogP contribution in [0.4, 0.5) is 4.79 Å². The second kappa shape index (κ2) is 9.51. The molecule has 0 bridgehead atoms. The second-order valence-corrected chi connectivity index (χ2v) is 8.10. The van der Waals surface area contributed by atoms with Crippen molar-refractivity contribution in [1.82, 2.24) is 10.2 Å². The molecule has 1 aliphatic rings. The van der Waals surface area contributed by atoms with Gasteiger partial charge < -0.3 is 20.7 Å². The molecule has 0 aromatic heterocycles. The van der Waals surface area contributed by atoms with Crippen molar-refractivity contribution in [2.24, 2.45) is 10.7 Å². The van der Waals surface area contributed by atoms with Gasteiger partial charge in [-0.3, -0.25) is 4.99 Å². The van der Waals surface area contributed by atoms with Crippen LogP contribution in [0.2, 0.25) is 10.0 Å². The van der Waals surface area contributed by atoms with Gasteiger partial charge in [0.05, 0.1) is 13.2 Å². The summed E-state index contributed by atoms with van der Waals surface area (Å²) in [4.78, 5) is 18.0. The zero-order chi connectivity index (χ0) is 20.0. The van der Waals surface area contributed by atoms with Gasteiger partial charge in [-0.25, -0.2) is 4.79 Å². The molecule has 150 valence electrons. The van der Waals surface area contributed by atoms with Crippen LogP contribution in [0.5, 0.6) is 0 Å². The Morgan fingerprint density at radius 1 is 1.33 bits per heavy atom. The smallest absolute Gasteiger partial charge is 0.409 e. The Balaban J connectivity index is 1.90. The zero-order valence-corrected chi connectivity index (χ0v) is 17.6. The monoisotopic (exact) mass is 414 g/mol. The van der Waals surface area contributed by atoms with E-state index in [9.17, 15) is 4.79 Å². The van der Waals surface area contributed by atoms with Crippen LogP contribution in [0.1, 0.15) is 39.2 Å². The number of amides is 1. The molecule has 27 heavy (non-hydrogen) atoms. The largest absolute Gasteiger partial charge is 0.450 e. The summed E-state index contributed by atoms with van der Waals surface area (Å²) in [5.41, 5.74) is 6.59. The minimum atomic E-state index is -0.352. The Morgan fingerprint density at radius 2 is 1.93 bits per heavy atom. The van der Waals surface area contributed by atoms with E-state index < -0.39 is 0 Å². The molecule has 2 rings (SSSR count). The number of nitrogens with one attached hydrogen (secondary N) is 1. The van der Waals surface area contributed by atoms with Crippen LogP contribution >= 0.6 is 23.2 Å². The number of nitrogens with two attached hydrogens (primary N) is 1. The summed E-state index contributed by atoms with van der Waals surface area (Å²) in [6.45, 7) is 8.01. The second-order valence-electron chi connectivity index (χ2n) is 7.29. The number of hydrogen-bond acceptors (Lipinski definition) is 3. The molecular weight excluding hydrogens is 387 g/mol. The number of likely N-dealkylation sites (tertiary alicyclic amines) is 1. The minimum Gasteiger partial charge on any atom is -0.450 e. The van der Waals surface area contributed by atoms with Gasteiger partial charge in [0.15, 0.2) is 5.96 Å². The van der Waals surface area contributed by atoms with Crippen molar-refractivity contribution in [2.75, 3.05) is 26.2 Å². The number of aliphatic imine (C=N–C) groups is 1. The summed E-state index contributed by atoms with van der Waals surface area (Å²) in [6, 6.07) is 5.67. The van der Waals surface area contributed by atoms with Gasteiger partial charge >= 0.3 is 6.09 Å². The molecule has 6 nitrogen and oxygen atoms in total. The summed E-state index contributed by atoms with van der Waals surface area (Å²) in [5.74, 6) is 0.390. The summed E-state index contributed by atoms with van der Waals surface area (Å²) >= 11 is 12.6. The third kappa shape index (κ3) is 5.91. The van der Waals surface area contributed by atoms with Crippen LogP contribution in [-0.2, 0) is 10.2 Å². The summed E-state index contributed by atoms with van der Waals surface area (Å²) in [6.07, 6.45) is 1.35. The first-order chi connectivity index (χ1) is 12.7. The lowest BCUT2D eigenvalue weighted by atomic mass is 9.84. The first-order valence-corrected chi connectivity index (χ1v) is 9.93. The molecule has 1 amide bonds. The van der Waals surface area contributed by atoms with Gasteiger partial charge in [-0.1, -0.05) is 43.1 Å². The third-order valence-electron chi connectivity index (χ3n) is 4.66. The Bertz CT molecular complexity index is 666. The Kier molecular flexibility index (Phi) is 7.62. The number of benzene rings is 1. The number of halogens is 2. The topological polar surface area (TPSA) is 80.0 Å². The van der Waals surface area contributed by atoms with E-state index in [1.54, 1.807) is 11.8 Å². The molecule has 1 aromatic carbocycles. The van der Waals surface area contributed by atoms with Crippen LogP contribution in [0, 0.1) is 0 Å². The molecule has 3 N–H and O–H groups in total. The molecular formula is C19H28Cl2N4O2. The predicted octanol–water partition coefficient (Wildman–Crippen LogP) is 3.80. The van der Waals surface area contributed by atoms with Gasteiger partial charge in [0, 0.05) is 34.6 Å². The van der Waals surface area contributed by atoms with Crippen LogP contribution in [-0.4, -0.2) is 49.2 Å². The van der Waals surface area contributed by atoms with Crippen molar-refractivity contribution < 1.29 is 9.53 Å². The molecule has 1 aliphatic heterocycles. The molecule has 8 heteroatoms. The number of hydrogen-bond donors (Lipinski definition) is 2. The molecule has 1 fully saturated rings. The fourth-order valence-electron chi connectivity index (χ4n) is 3.18. The van der Waals surface area contributed by atoms with Gasteiger partial charge in [0.2, 0.25) is 0 Å². The quantitative estimate of drug-likeness (QED) is 0.567. The Labute approximate surface area is 171 Å². The lowest BCUT2D eigenvalue weighted by molar-refractivity contribution is 0.0963. The number of ether oxygens (including phenoxy) is 1. The van der Waals surface area contributed by atoms with E-state index in [1.165, 1.54) is 0 Å². The van der Waals surface area contributed by atoms with E-state index in [-0.39, 0.29) is 17.6 Å². The van der Waals surface area contributed by atoms with Crippen molar-refractivity contribution in [3.8, 4) is 0 Å². The van der Waals surface area contributed by atoms with Crippen LogP contribution < -0.4 is 11.1 Å². The van der Waals surface area contributed by atoms with Gasteiger partial charge in [-0.2, -0.15) is 0 Å². The van der Waals surface area contributed by atoms with E-state index in [4.69, 9.17) is 33.7 Å². The molecule has 0 atom stereocenters. The highest BCUT2D eigenvalue weighted by Crippen LogP contribution is 2.35. The lowest BCUT2D eigenvalue weighted by Gasteiger charge is -2.32. The molecule has 0 spiro atoms. The number of carbonyl (C=O) groups is 1. The Morgan fingerprint density at radius 3 is 2.48 bits per heavy atom. The maximum Gasteiger partial charge on any atom is 0.409 e. The molecule has 1 saturated heterocycles. The van der Waals surface area contributed by atoms with Crippen LogP contribution in [0.25, 0.3) is 0 Å². The van der Waals surface area contributed by atoms with E-state index in [1.807, 2.05) is 32.0 Å². The maximum atomic E-state index is 11.7. The number of guanidine groups is 1. The van der Waals surface area contributed by atoms with Crippen LogP contribution in [0.15, 0.2) is 23.2 Å². The third-order valence-corrected chi connectivity index (χ3v) is 5.29. The highest BCUT2D eigenvalue weighted by atomic mass is 35.5. The highest BCUT2D eigenvalue weighted by molar-refractivity contribution is 6.36.